The van der Waals surface area contributed by atoms with E-state index in [9.17, 15) is 9.59 Å². The minimum Gasteiger partial charge on any atom is -0.436 e. The lowest BCUT2D eigenvalue weighted by atomic mass is 10.1. The molecule has 0 bridgehead atoms. The maximum atomic E-state index is 12.9. The number of hydrogen-bond donors (Lipinski definition) is 2. The summed E-state index contributed by atoms with van der Waals surface area (Å²) in [6, 6.07) is 18.6. The van der Waals surface area contributed by atoms with Gasteiger partial charge in [-0.1, -0.05) is 42.5 Å². The summed E-state index contributed by atoms with van der Waals surface area (Å²) in [4.78, 5) is 32.2. The SMILES string of the molecule is Cc1cc(C)c(CNC(=O)c2ccccc2-c2ncc(-c3ccccc3)o2)c(=O)[nH]1. The molecule has 0 unspecified atom stereocenters. The van der Waals surface area contributed by atoms with Crippen molar-refractivity contribution in [3.8, 4) is 22.8 Å². The molecule has 0 spiro atoms. The average Bonchev–Trinajstić information content (AvgIpc) is 3.23. The number of nitrogens with one attached hydrogen (secondary N) is 2. The quantitative estimate of drug-likeness (QED) is 0.525. The predicted octanol–water partition coefficient (Wildman–Crippen LogP) is 4.24. The summed E-state index contributed by atoms with van der Waals surface area (Å²) in [6.07, 6.45) is 1.65. The van der Waals surface area contributed by atoms with Gasteiger partial charge in [0.25, 0.3) is 11.5 Å². The molecule has 6 heteroatoms. The molecule has 0 aliphatic rings. The van der Waals surface area contributed by atoms with Crippen LogP contribution in [-0.4, -0.2) is 15.9 Å². The molecule has 2 aromatic carbocycles. The summed E-state index contributed by atoms with van der Waals surface area (Å²) in [7, 11) is 0. The molecule has 0 saturated heterocycles. The van der Waals surface area contributed by atoms with E-state index in [4.69, 9.17) is 4.42 Å². The number of amides is 1. The smallest absolute Gasteiger partial charge is 0.253 e. The van der Waals surface area contributed by atoms with Crippen molar-refractivity contribution in [3.05, 3.63) is 99.6 Å². The first-order valence-electron chi connectivity index (χ1n) is 9.61. The molecule has 0 saturated carbocycles. The molecule has 0 fully saturated rings. The van der Waals surface area contributed by atoms with Crippen LogP contribution in [0.2, 0.25) is 0 Å². The number of carbonyl (C=O) groups excluding carboxylic acids is 1. The zero-order valence-corrected chi connectivity index (χ0v) is 16.7. The fourth-order valence-corrected chi connectivity index (χ4v) is 3.37. The van der Waals surface area contributed by atoms with Crippen LogP contribution in [0.1, 0.15) is 27.2 Å². The maximum Gasteiger partial charge on any atom is 0.253 e. The molecule has 0 radical (unpaired) electrons. The van der Waals surface area contributed by atoms with Crippen molar-refractivity contribution in [2.75, 3.05) is 0 Å². The Balaban J connectivity index is 1.59. The highest BCUT2D eigenvalue weighted by molar-refractivity contribution is 6.00. The fourth-order valence-electron chi connectivity index (χ4n) is 3.37. The predicted molar refractivity (Wildman–Crippen MR) is 115 cm³/mol. The van der Waals surface area contributed by atoms with Crippen molar-refractivity contribution in [2.45, 2.75) is 20.4 Å². The van der Waals surface area contributed by atoms with Gasteiger partial charge in [0.2, 0.25) is 5.89 Å². The third kappa shape index (κ3) is 3.93. The van der Waals surface area contributed by atoms with Crippen LogP contribution in [0, 0.1) is 13.8 Å². The zero-order valence-electron chi connectivity index (χ0n) is 16.7. The summed E-state index contributed by atoms with van der Waals surface area (Å²) < 4.78 is 5.91. The van der Waals surface area contributed by atoms with E-state index in [0.717, 1.165) is 16.8 Å². The van der Waals surface area contributed by atoms with Crippen LogP contribution < -0.4 is 10.9 Å². The summed E-state index contributed by atoms with van der Waals surface area (Å²) in [5.74, 6) is 0.691. The Bertz CT molecular complexity index is 1260. The summed E-state index contributed by atoms with van der Waals surface area (Å²) in [5, 5.41) is 2.84. The highest BCUT2D eigenvalue weighted by Crippen LogP contribution is 2.28. The molecule has 2 aromatic heterocycles. The summed E-state index contributed by atoms with van der Waals surface area (Å²) in [5.41, 5.74) is 3.90. The largest absolute Gasteiger partial charge is 0.436 e. The number of H-pyrrole nitrogens is 1. The zero-order chi connectivity index (χ0) is 21.1. The van der Waals surface area contributed by atoms with Crippen LogP contribution in [0.3, 0.4) is 0 Å². The molecule has 2 N–H and O–H groups in total. The highest BCUT2D eigenvalue weighted by Gasteiger charge is 2.17. The van der Waals surface area contributed by atoms with Crippen LogP contribution in [-0.2, 0) is 6.54 Å². The molecule has 6 nitrogen and oxygen atoms in total. The molecule has 1 amide bonds. The van der Waals surface area contributed by atoms with Gasteiger partial charge >= 0.3 is 0 Å². The Hall–Kier alpha value is -3.93. The summed E-state index contributed by atoms with van der Waals surface area (Å²) >= 11 is 0. The van der Waals surface area contributed by atoms with E-state index in [-0.39, 0.29) is 18.0 Å². The second kappa shape index (κ2) is 8.21. The Kier molecular flexibility index (Phi) is 5.30. The normalized spacial score (nSPS) is 10.7. The fraction of sp³-hybridized carbons (Fsp3) is 0.125. The molecule has 150 valence electrons. The molecular weight excluding hydrogens is 378 g/mol. The first kappa shape index (κ1) is 19.4. The number of aromatic nitrogens is 2. The third-order valence-corrected chi connectivity index (χ3v) is 4.89. The number of hydrogen-bond acceptors (Lipinski definition) is 4. The first-order valence-corrected chi connectivity index (χ1v) is 9.61. The van der Waals surface area contributed by atoms with Gasteiger partial charge in [0.15, 0.2) is 5.76 Å². The number of rotatable bonds is 5. The molecule has 4 aromatic rings. The van der Waals surface area contributed by atoms with E-state index >= 15 is 0 Å². The van der Waals surface area contributed by atoms with Gasteiger partial charge < -0.3 is 14.7 Å². The third-order valence-electron chi connectivity index (χ3n) is 4.89. The van der Waals surface area contributed by atoms with Crippen LogP contribution in [0.15, 0.2) is 76.1 Å². The van der Waals surface area contributed by atoms with Crippen LogP contribution in [0.4, 0.5) is 0 Å². The number of pyridine rings is 1. The lowest BCUT2D eigenvalue weighted by Crippen LogP contribution is -2.28. The van der Waals surface area contributed by atoms with Crippen molar-refractivity contribution in [1.29, 1.82) is 0 Å². The lowest BCUT2D eigenvalue weighted by Gasteiger charge is -2.10. The monoisotopic (exact) mass is 399 g/mol. The van der Waals surface area contributed by atoms with Crippen molar-refractivity contribution in [2.24, 2.45) is 0 Å². The van der Waals surface area contributed by atoms with E-state index < -0.39 is 0 Å². The van der Waals surface area contributed by atoms with E-state index in [1.165, 1.54) is 0 Å². The van der Waals surface area contributed by atoms with Crippen molar-refractivity contribution in [1.82, 2.24) is 15.3 Å². The van der Waals surface area contributed by atoms with Crippen LogP contribution >= 0.6 is 0 Å². The lowest BCUT2D eigenvalue weighted by molar-refractivity contribution is 0.0951. The minimum absolute atomic E-state index is 0.134. The Morgan fingerprint density at radius 3 is 2.57 bits per heavy atom. The number of oxazole rings is 1. The van der Waals surface area contributed by atoms with Crippen LogP contribution in [0.5, 0.6) is 0 Å². The van der Waals surface area contributed by atoms with Gasteiger partial charge in [0.1, 0.15) is 0 Å². The number of aryl methyl sites for hydroxylation is 2. The van der Waals surface area contributed by atoms with E-state index in [0.29, 0.717) is 28.3 Å². The second-order valence-electron chi connectivity index (χ2n) is 7.07. The van der Waals surface area contributed by atoms with E-state index in [1.807, 2.05) is 56.3 Å². The van der Waals surface area contributed by atoms with Crippen molar-refractivity contribution in [3.63, 3.8) is 0 Å². The molecule has 0 aliphatic carbocycles. The van der Waals surface area contributed by atoms with Gasteiger partial charge in [0.05, 0.1) is 11.8 Å². The standard InChI is InChI=1S/C24H21N3O3/c1-15-12-16(2)27-23(29)20(15)13-25-22(28)18-10-6-7-11-19(18)24-26-14-21(30-24)17-8-4-3-5-9-17/h3-12,14H,13H2,1-2H3,(H,25,28)(H,27,29). The number of carbonyl (C=O) groups is 1. The highest BCUT2D eigenvalue weighted by atomic mass is 16.4. The molecular formula is C24H21N3O3. The molecule has 30 heavy (non-hydrogen) atoms. The van der Waals surface area contributed by atoms with Crippen molar-refractivity contribution >= 4 is 5.91 Å². The van der Waals surface area contributed by atoms with Gasteiger partial charge in [-0.05, 0) is 37.6 Å². The Labute approximate surface area is 173 Å². The van der Waals surface area contributed by atoms with Gasteiger partial charge in [-0.2, -0.15) is 0 Å². The average molecular weight is 399 g/mol. The van der Waals surface area contributed by atoms with Crippen LogP contribution in [0.25, 0.3) is 22.8 Å². The molecule has 0 aliphatic heterocycles. The van der Waals surface area contributed by atoms with Gasteiger partial charge in [-0.25, -0.2) is 4.98 Å². The molecule has 2 heterocycles. The first-order chi connectivity index (χ1) is 14.5. The number of nitrogens with zero attached hydrogens (tertiary/aromatic N) is 1. The van der Waals surface area contributed by atoms with E-state index in [2.05, 4.69) is 15.3 Å². The maximum absolute atomic E-state index is 12.9. The molecule has 4 rings (SSSR count). The van der Waals surface area contributed by atoms with Gasteiger partial charge in [-0.3, -0.25) is 9.59 Å². The Morgan fingerprint density at radius 1 is 1.07 bits per heavy atom. The summed E-state index contributed by atoms with van der Waals surface area (Å²) in [6.45, 7) is 3.82. The van der Waals surface area contributed by atoms with E-state index in [1.54, 1.807) is 24.4 Å². The molecule has 0 atom stereocenters. The minimum atomic E-state index is -0.301. The van der Waals surface area contributed by atoms with Gasteiger partial charge in [-0.15, -0.1) is 0 Å². The van der Waals surface area contributed by atoms with Crippen molar-refractivity contribution < 1.29 is 9.21 Å². The Morgan fingerprint density at radius 2 is 1.80 bits per heavy atom. The number of aromatic amines is 1. The number of benzene rings is 2. The second-order valence-corrected chi connectivity index (χ2v) is 7.07. The van der Waals surface area contributed by atoms with Gasteiger partial charge in [0, 0.05) is 28.9 Å². The topological polar surface area (TPSA) is 88.0 Å².